The Morgan fingerprint density at radius 1 is 1.50 bits per heavy atom. The van der Waals surface area contributed by atoms with Crippen molar-refractivity contribution in [3.8, 4) is 0 Å². The molecule has 0 bridgehead atoms. The molecule has 1 aliphatic heterocycles. The maximum atomic E-state index is 5.44. The smallest absolute Gasteiger partial charge is 0.111 e. The first kappa shape index (κ1) is 10.0. The number of hydrogen-bond donors (Lipinski definition) is 2. The van der Waals surface area contributed by atoms with E-state index in [4.69, 9.17) is 4.74 Å². The number of morpholine rings is 1. The van der Waals surface area contributed by atoms with Crippen molar-refractivity contribution in [2.75, 3.05) is 19.8 Å². The Balaban J connectivity index is 2.28. The zero-order valence-corrected chi connectivity index (χ0v) is 9.18. The predicted octanol–water partition coefficient (Wildman–Crippen LogP) is 1.70. The van der Waals surface area contributed by atoms with Crippen LogP contribution in [0.2, 0.25) is 0 Å². The summed E-state index contributed by atoms with van der Waals surface area (Å²) >= 11 is 4.65. The van der Waals surface area contributed by atoms with Gasteiger partial charge in [0.25, 0.3) is 0 Å². The Hall–Kier alpha value is -0.510. The first-order chi connectivity index (χ1) is 6.71. The summed E-state index contributed by atoms with van der Waals surface area (Å²) in [5.74, 6) is 0. The molecular formula is C11H15NOS. The zero-order chi connectivity index (χ0) is 10.0. The number of benzene rings is 1. The van der Waals surface area contributed by atoms with Gasteiger partial charge in [-0.2, -0.15) is 0 Å². The lowest BCUT2D eigenvalue weighted by molar-refractivity contribution is 0.0646. The summed E-state index contributed by atoms with van der Waals surface area (Å²) in [6.45, 7) is 4.34. The van der Waals surface area contributed by atoms with Crippen molar-refractivity contribution >= 4 is 12.6 Å². The summed E-state index contributed by atoms with van der Waals surface area (Å²) in [5.41, 5.74) is 2.43. The highest BCUT2D eigenvalue weighted by Gasteiger charge is 2.30. The maximum Gasteiger partial charge on any atom is 0.111 e. The third-order valence-corrected chi connectivity index (χ3v) is 3.02. The van der Waals surface area contributed by atoms with Crippen LogP contribution in [0.1, 0.15) is 11.1 Å². The van der Waals surface area contributed by atoms with E-state index in [0.29, 0.717) is 6.61 Å². The normalized spacial score (nSPS) is 27.6. The van der Waals surface area contributed by atoms with Crippen LogP contribution in [-0.4, -0.2) is 19.8 Å². The number of ether oxygens (including phenoxy) is 1. The van der Waals surface area contributed by atoms with Crippen LogP contribution in [0.25, 0.3) is 0 Å². The van der Waals surface area contributed by atoms with Crippen molar-refractivity contribution < 1.29 is 4.74 Å². The van der Waals surface area contributed by atoms with E-state index in [1.54, 1.807) is 0 Å². The Morgan fingerprint density at radius 3 is 3.00 bits per heavy atom. The molecule has 1 N–H and O–H groups in total. The van der Waals surface area contributed by atoms with Crippen molar-refractivity contribution in [1.29, 1.82) is 0 Å². The standard InChI is InChI=1S/C11H15NOS/c1-9-3-2-4-10(7-9)11(14)8-13-6-5-12-11/h2-4,7,12,14H,5-6,8H2,1H3/t11-/m1/s1. The van der Waals surface area contributed by atoms with Gasteiger partial charge in [-0.15, -0.1) is 12.6 Å². The second kappa shape index (κ2) is 3.93. The Morgan fingerprint density at radius 2 is 2.36 bits per heavy atom. The minimum atomic E-state index is -0.315. The molecule has 1 saturated heterocycles. The zero-order valence-electron chi connectivity index (χ0n) is 8.29. The van der Waals surface area contributed by atoms with Gasteiger partial charge in [-0.1, -0.05) is 29.8 Å². The average molecular weight is 209 g/mol. The van der Waals surface area contributed by atoms with Crippen LogP contribution in [-0.2, 0) is 9.61 Å². The first-order valence-electron chi connectivity index (χ1n) is 4.83. The molecule has 0 radical (unpaired) electrons. The molecule has 1 atom stereocenters. The molecule has 3 heteroatoms. The van der Waals surface area contributed by atoms with Crippen LogP contribution in [0.5, 0.6) is 0 Å². The Kier molecular flexibility index (Phi) is 2.81. The monoisotopic (exact) mass is 209 g/mol. The van der Waals surface area contributed by atoms with Crippen molar-refractivity contribution in [1.82, 2.24) is 5.32 Å². The van der Waals surface area contributed by atoms with Crippen LogP contribution in [0.3, 0.4) is 0 Å². The van der Waals surface area contributed by atoms with Gasteiger partial charge in [-0.25, -0.2) is 0 Å². The molecule has 2 rings (SSSR count). The van der Waals surface area contributed by atoms with E-state index in [1.165, 1.54) is 11.1 Å². The third kappa shape index (κ3) is 1.95. The molecule has 1 fully saturated rings. The number of aryl methyl sites for hydroxylation is 1. The quantitative estimate of drug-likeness (QED) is 0.687. The first-order valence-corrected chi connectivity index (χ1v) is 5.28. The van der Waals surface area contributed by atoms with Gasteiger partial charge in [0.05, 0.1) is 13.2 Å². The second-order valence-electron chi connectivity index (χ2n) is 3.71. The molecule has 0 saturated carbocycles. The van der Waals surface area contributed by atoms with E-state index in [-0.39, 0.29) is 4.87 Å². The predicted molar refractivity (Wildman–Crippen MR) is 60.7 cm³/mol. The maximum absolute atomic E-state index is 5.44. The lowest BCUT2D eigenvalue weighted by atomic mass is 10.0. The lowest BCUT2D eigenvalue weighted by Crippen LogP contribution is -2.47. The van der Waals surface area contributed by atoms with E-state index in [0.717, 1.165) is 13.2 Å². The summed E-state index contributed by atoms with van der Waals surface area (Å²) in [6, 6.07) is 8.37. The summed E-state index contributed by atoms with van der Waals surface area (Å²) in [7, 11) is 0. The number of hydrogen-bond acceptors (Lipinski definition) is 3. The summed E-state index contributed by atoms with van der Waals surface area (Å²) in [5, 5.41) is 3.38. The van der Waals surface area contributed by atoms with Crippen molar-refractivity contribution in [3.05, 3.63) is 35.4 Å². The third-order valence-electron chi connectivity index (χ3n) is 2.47. The number of thiol groups is 1. The van der Waals surface area contributed by atoms with Crippen LogP contribution in [0, 0.1) is 6.92 Å². The highest BCUT2D eigenvalue weighted by Crippen LogP contribution is 2.28. The highest BCUT2D eigenvalue weighted by molar-refractivity contribution is 7.81. The van der Waals surface area contributed by atoms with Gasteiger partial charge in [-0.3, -0.25) is 5.32 Å². The molecule has 0 spiro atoms. The minimum absolute atomic E-state index is 0.315. The summed E-state index contributed by atoms with van der Waals surface area (Å²) in [4.78, 5) is -0.315. The Bertz CT molecular complexity index is 321. The molecule has 0 unspecified atom stereocenters. The van der Waals surface area contributed by atoms with E-state index in [1.807, 2.05) is 0 Å². The SMILES string of the molecule is Cc1cccc([C@]2(S)COCCN2)c1. The minimum Gasteiger partial charge on any atom is -0.377 e. The van der Waals surface area contributed by atoms with Gasteiger partial charge < -0.3 is 4.74 Å². The van der Waals surface area contributed by atoms with Gasteiger partial charge in [0, 0.05) is 6.54 Å². The van der Waals surface area contributed by atoms with E-state index < -0.39 is 0 Å². The molecule has 0 aromatic heterocycles. The molecule has 2 nitrogen and oxygen atoms in total. The molecule has 14 heavy (non-hydrogen) atoms. The van der Waals surface area contributed by atoms with Gasteiger partial charge in [0.15, 0.2) is 0 Å². The Labute approximate surface area is 90.1 Å². The summed E-state index contributed by atoms with van der Waals surface area (Å²) < 4.78 is 5.44. The van der Waals surface area contributed by atoms with Crippen LogP contribution in [0.15, 0.2) is 24.3 Å². The lowest BCUT2D eigenvalue weighted by Gasteiger charge is -2.34. The molecule has 1 aromatic rings. The molecular weight excluding hydrogens is 194 g/mol. The van der Waals surface area contributed by atoms with E-state index in [2.05, 4.69) is 49.1 Å². The average Bonchev–Trinajstić information content (AvgIpc) is 2.19. The molecule has 0 aliphatic carbocycles. The van der Waals surface area contributed by atoms with Gasteiger partial charge in [-0.05, 0) is 12.5 Å². The fraction of sp³-hybridized carbons (Fsp3) is 0.455. The van der Waals surface area contributed by atoms with Gasteiger partial charge in [0.2, 0.25) is 0 Å². The largest absolute Gasteiger partial charge is 0.377 e. The fourth-order valence-corrected chi connectivity index (χ4v) is 2.03. The van der Waals surface area contributed by atoms with Gasteiger partial charge >= 0.3 is 0 Å². The van der Waals surface area contributed by atoms with Crippen molar-refractivity contribution in [2.24, 2.45) is 0 Å². The summed E-state index contributed by atoms with van der Waals surface area (Å²) in [6.07, 6.45) is 0. The highest BCUT2D eigenvalue weighted by atomic mass is 32.1. The van der Waals surface area contributed by atoms with E-state index >= 15 is 0 Å². The number of nitrogens with one attached hydrogen (secondary N) is 1. The molecule has 76 valence electrons. The van der Waals surface area contributed by atoms with Crippen LogP contribution >= 0.6 is 12.6 Å². The van der Waals surface area contributed by atoms with Crippen molar-refractivity contribution in [3.63, 3.8) is 0 Å². The van der Waals surface area contributed by atoms with Gasteiger partial charge in [0.1, 0.15) is 4.87 Å². The molecule has 1 aromatic carbocycles. The molecule has 1 heterocycles. The van der Waals surface area contributed by atoms with Crippen molar-refractivity contribution in [2.45, 2.75) is 11.8 Å². The van der Waals surface area contributed by atoms with E-state index in [9.17, 15) is 0 Å². The van der Waals surface area contributed by atoms with Crippen LogP contribution < -0.4 is 5.32 Å². The topological polar surface area (TPSA) is 21.3 Å². The number of rotatable bonds is 1. The second-order valence-corrected chi connectivity index (χ2v) is 4.47. The molecule has 0 amide bonds. The fourth-order valence-electron chi connectivity index (χ4n) is 1.69. The van der Waals surface area contributed by atoms with Crippen LogP contribution in [0.4, 0.5) is 0 Å². The molecule has 1 aliphatic rings.